The Bertz CT molecular complexity index is 1020. The summed E-state index contributed by atoms with van der Waals surface area (Å²) in [6, 6.07) is 10.4. The number of non-ortho nitro benzene ring substituents is 1. The summed E-state index contributed by atoms with van der Waals surface area (Å²) in [5.41, 5.74) is 1.85. The van der Waals surface area contributed by atoms with Gasteiger partial charge in [-0.05, 0) is 43.9 Å². The fourth-order valence-electron chi connectivity index (χ4n) is 4.93. The van der Waals surface area contributed by atoms with Crippen LogP contribution in [0.4, 0.5) is 5.69 Å². The van der Waals surface area contributed by atoms with Gasteiger partial charge in [-0.25, -0.2) is 0 Å². The van der Waals surface area contributed by atoms with Gasteiger partial charge in [-0.3, -0.25) is 24.6 Å². The van der Waals surface area contributed by atoms with E-state index in [1.807, 2.05) is 24.4 Å². The number of amides is 1. The highest BCUT2D eigenvalue weighted by Crippen LogP contribution is 2.33. The molecule has 1 aromatic heterocycles. The van der Waals surface area contributed by atoms with Gasteiger partial charge in [0.2, 0.25) is 5.91 Å². The Kier molecular flexibility index (Phi) is 7.08. The molecule has 0 saturated carbocycles. The average Bonchev–Trinajstić information content (AvgIpc) is 3.20. The van der Waals surface area contributed by atoms with E-state index >= 15 is 0 Å². The van der Waals surface area contributed by atoms with Gasteiger partial charge < -0.3 is 14.2 Å². The summed E-state index contributed by atoms with van der Waals surface area (Å²) in [4.78, 5) is 40.4. The topological polar surface area (TPSA) is 97.9 Å². The highest BCUT2D eigenvalue weighted by atomic mass is 16.6. The SMILES string of the molecule is CCOC(=O)C1CCCN(C(=O)CN2CCCn3cccc3C2c2cccc([N+](=O)[O-])c2)C1. The Hall–Kier alpha value is -3.20. The highest BCUT2D eigenvalue weighted by Gasteiger charge is 2.33. The molecule has 176 valence electrons. The van der Waals surface area contributed by atoms with E-state index < -0.39 is 4.92 Å². The van der Waals surface area contributed by atoms with Crippen molar-refractivity contribution in [2.45, 2.75) is 38.8 Å². The first kappa shape index (κ1) is 23.0. The van der Waals surface area contributed by atoms with Gasteiger partial charge >= 0.3 is 5.97 Å². The molecule has 0 aliphatic carbocycles. The Morgan fingerprint density at radius 3 is 2.79 bits per heavy atom. The minimum absolute atomic E-state index is 0.0283. The van der Waals surface area contributed by atoms with Crippen molar-refractivity contribution < 1.29 is 19.2 Å². The van der Waals surface area contributed by atoms with E-state index in [2.05, 4.69) is 9.47 Å². The molecule has 0 bridgehead atoms. The number of hydrogen-bond donors (Lipinski definition) is 0. The zero-order valence-electron chi connectivity index (χ0n) is 18.9. The molecular weight excluding hydrogens is 424 g/mol. The van der Waals surface area contributed by atoms with Crippen molar-refractivity contribution in [2.75, 3.05) is 32.8 Å². The van der Waals surface area contributed by atoms with E-state index in [4.69, 9.17) is 4.74 Å². The molecule has 0 radical (unpaired) electrons. The van der Waals surface area contributed by atoms with Gasteiger partial charge in [-0.1, -0.05) is 12.1 Å². The van der Waals surface area contributed by atoms with Crippen LogP contribution in [0.25, 0.3) is 0 Å². The summed E-state index contributed by atoms with van der Waals surface area (Å²) >= 11 is 0. The van der Waals surface area contributed by atoms with Crippen LogP contribution in [0.2, 0.25) is 0 Å². The van der Waals surface area contributed by atoms with Crippen LogP contribution >= 0.6 is 0 Å². The summed E-state index contributed by atoms with van der Waals surface area (Å²) in [5, 5.41) is 11.4. The van der Waals surface area contributed by atoms with Gasteiger partial charge in [0.25, 0.3) is 5.69 Å². The second kappa shape index (κ2) is 10.2. The van der Waals surface area contributed by atoms with Crippen molar-refractivity contribution in [3.8, 4) is 0 Å². The first-order valence-electron chi connectivity index (χ1n) is 11.6. The number of carbonyl (C=O) groups excluding carboxylic acids is 2. The number of ether oxygens (including phenoxy) is 1. The second-order valence-electron chi connectivity index (χ2n) is 8.64. The van der Waals surface area contributed by atoms with Crippen molar-refractivity contribution >= 4 is 17.6 Å². The van der Waals surface area contributed by atoms with Crippen LogP contribution in [0.1, 0.15) is 43.5 Å². The summed E-state index contributed by atoms with van der Waals surface area (Å²) in [7, 11) is 0. The molecule has 1 fully saturated rings. The maximum absolute atomic E-state index is 13.3. The zero-order chi connectivity index (χ0) is 23.4. The smallest absolute Gasteiger partial charge is 0.310 e. The number of esters is 1. The predicted molar refractivity (Wildman–Crippen MR) is 121 cm³/mol. The van der Waals surface area contributed by atoms with Gasteiger partial charge in [-0.15, -0.1) is 0 Å². The van der Waals surface area contributed by atoms with Crippen LogP contribution < -0.4 is 0 Å². The van der Waals surface area contributed by atoms with Crippen molar-refractivity contribution in [3.63, 3.8) is 0 Å². The number of aromatic nitrogens is 1. The third kappa shape index (κ3) is 5.08. The molecule has 3 heterocycles. The molecule has 9 nitrogen and oxygen atoms in total. The standard InChI is InChI=1S/C24H30N4O5/c1-2-33-24(30)19-8-4-12-26(16-19)22(29)17-27-14-6-13-25-11-5-10-21(25)23(27)18-7-3-9-20(15-18)28(31)32/h3,5,7,9-11,15,19,23H,2,4,6,8,12-14,16-17H2,1H3. The van der Waals surface area contributed by atoms with Crippen molar-refractivity contribution in [1.29, 1.82) is 0 Å². The fourth-order valence-corrected chi connectivity index (χ4v) is 4.93. The largest absolute Gasteiger partial charge is 0.466 e. The molecule has 2 aliphatic heterocycles. The van der Waals surface area contributed by atoms with Crippen LogP contribution in [-0.2, 0) is 20.9 Å². The van der Waals surface area contributed by atoms with Crippen molar-refractivity contribution in [1.82, 2.24) is 14.4 Å². The molecule has 0 N–H and O–H groups in total. The lowest BCUT2D eigenvalue weighted by Crippen LogP contribution is -2.47. The molecule has 2 aromatic rings. The van der Waals surface area contributed by atoms with Crippen LogP contribution in [0.5, 0.6) is 0 Å². The maximum Gasteiger partial charge on any atom is 0.310 e. The molecule has 33 heavy (non-hydrogen) atoms. The molecule has 2 aliphatic rings. The maximum atomic E-state index is 13.3. The number of carbonyl (C=O) groups is 2. The Morgan fingerprint density at radius 1 is 1.15 bits per heavy atom. The number of nitro benzene ring substituents is 1. The molecule has 1 amide bonds. The normalized spacial score (nSPS) is 21.2. The highest BCUT2D eigenvalue weighted by molar-refractivity contribution is 5.80. The van der Waals surface area contributed by atoms with E-state index in [-0.39, 0.29) is 36.1 Å². The van der Waals surface area contributed by atoms with Crippen LogP contribution in [0.15, 0.2) is 42.6 Å². The lowest BCUT2D eigenvalue weighted by Gasteiger charge is -2.35. The molecule has 2 unspecified atom stereocenters. The van der Waals surface area contributed by atoms with Gasteiger partial charge in [0.15, 0.2) is 0 Å². The Balaban J connectivity index is 1.57. The number of hydrogen-bond acceptors (Lipinski definition) is 6. The van der Waals surface area contributed by atoms with E-state index in [9.17, 15) is 19.7 Å². The number of likely N-dealkylation sites (tertiary alicyclic amines) is 1. The lowest BCUT2D eigenvalue weighted by molar-refractivity contribution is -0.384. The predicted octanol–water partition coefficient (Wildman–Crippen LogP) is 2.99. The number of nitrogens with zero attached hydrogens (tertiary/aromatic N) is 4. The van der Waals surface area contributed by atoms with E-state index in [1.165, 1.54) is 6.07 Å². The quantitative estimate of drug-likeness (QED) is 0.378. The Labute approximate surface area is 193 Å². The fraction of sp³-hybridized carbons (Fsp3) is 0.500. The number of nitro groups is 1. The minimum Gasteiger partial charge on any atom is -0.466 e. The third-order valence-electron chi connectivity index (χ3n) is 6.48. The van der Waals surface area contributed by atoms with Crippen LogP contribution in [0.3, 0.4) is 0 Å². The number of fused-ring (bicyclic) bond motifs is 1. The molecule has 1 aromatic carbocycles. The van der Waals surface area contributed by atoms with Crippen molar-refractivity contribution in [2.24, 2.45) is 5.92 Å². The molecule has 9 heteroatoms. The first-order chi connectivity index (χ1) is 16.0. The molecule has 4 rings (SSSR count). The minimum atomic E-state index is -0.391. The number of aryl methyl sites for hydroxylation is 1. The third-order valence-corrected chi connectivity index (χ3v) is 6.48. The van der Waals surface area contributed by atoms with Gasteiger partial charge in [-0.2, -0.15) is 0 Å². The van der Waals surface area contributed by atoms with E-state index in [1.54, 1.807) is 24.0 Å². The van der Waals surface area contributed by atoms with Gasteiger partial charge in [0.1, 0.15) is 0 Å². The average molecular weight is 455 g/mol. The number of rotatable bonds is 6. The summed E-state index contributed by atoms with van der Waals surface area (Å²) in [6.45, 7) is 4.83. The van der Waals surface area contributed by atoms with Crippen molar-refractivity contribution in [3.05, 3.63) is 64.0 Å². The lowest BCUT2D eigenvalue weighted by atomic mass is 9.98. The summed E-state index contributed by atoms with van der Waals surface area (Å²) in [6.07, 6.45) is 4.38. The summed E-state index contributed by atoms with van der Waals surface area (Å²) < 4.78 is 7.32. The van der Waals surface area contributed by atoms with Crippen LogP contribution in [0, 0.1) is 16.0 Å². The van der Waals surface area contributed by atoms with E-state index in [0.717, 1.165) is 37.1 Å². The number of benzene rings is 1. The molecule has 2 atom stereocenters. The zero-order valence-corrected chi connectivity index (χ0v) is 18.9. The van der Waals surface area contributed by atoms with E-state index in [0.29, 0.717) is 26.2 Å². The monoisotopic (exact) mass is 454 g/mol. The second-order valence-corrected chi connectivity index (χ2v) is 8.64. The number of piperidine rings is 1. The van der Waals surface area contributed by atoms with Crippen LogP contribution in [-0.4, -0.2) is 64.0 Å². The molecule has 0 spiro atoms. The molecular formula is C24H30N4O5. The Morgan fingerprint density at radius 2 is 2.00 bits per heavy atom. The van der Waals surface area contributed by atoms with Gasteiger partial charge in [0.05, 0.1) is 30.0 Å². The first-order valence-corrected chi connectivity index (χ1v) is 11.6. The summed E-state index contributed by atoms with van der Waals surface area (Å²) in [5.74, 6) is -0.548. The van der Waals surface area contributed by atoms with Gasteiger partial charge in [0, 0.05) is 50.2 Å². The molecule has 1 saturated heterocycles.